The van der Waals surface area contributed by atoms with E-state index in [-0.39, 0.29) is 11.9 Å². The molecule has 0 aliphatic heterocycles. The normalized spacial score (nSPS) is 23.7. The van der Waals surface area contributed by atoms with Gasteiger partial charge in [0.05, 0.1) is 12.5 Å². The number of hydrogen-bond acceptors (Lipinski definition) is 3. The Hall–Kier alpha value is -0.440. The van der Waals surface area contributed by atoms with Gasteiger partial charge in [0.2, 0.25) is 0 Å². The summed E-state index contributed by atoms with van der Waals surface area (Å²) >= 11 is 5.03. The summed E-state index contributed by atoms with van der Waals surface area (Å²) in [7, 11) is 0. The van der Waals surface area contributed by atoms with Crippen molar-refractivity contribution < 1.29 is 9.53 Å². The summed E-state index contributed by atoms with van der Waals surface area (Å²) in [5.41, 5.74) is 0. The van der Waals surface area contributed by atoms with Crippen LogP contribution in [0, 0.1) is 5.92 Å². The molecular formula is C8H12O2S. The third-order valence-corrected chi connectivity index (χ3v) is 2.36. The van der Waals surface area contributed by atoms with Crippen LogP contribution in [0.5, 0.6) is 0 Å². The van der Waals surface area contributed by atoms with Crippen molar-refractivity contribution in [1.82, 2.24) is 0 Å². The van der Waals surface area contributed by atoms with E-state index in [0.717, 1.165) is 24.1 Å². The summed E-state index contributed by atoms with van der Waals surface area (Å²) in [6.45, 7) is 2.27. The zero-order chi connectivity index (χ0) is 8.27. The van der Waals surface area contributed by atoms with Crippen molar-refractivity contribution >= 4 is 23.1 Å². The van der Waals surface area contributed by atoms with Gasteiger partial charge in [0.15, 0.2) is 0 Å². The molecule has 1 fully saturated rings. The van der Waals surface area contributed by atoms with E-state index in [2.05, 4.69) is 0 Å². The van der Waals surface area contributed by atoms with Gasteiger partial charge in [0, 0.05) is 4.86 Å². The topological polar surface area (TPSA) is 26.3 Å². The molecule has 2 nitrogen and oxygen atoms in total. The van der Waals surface area contributed by atoms with Crippen molar-refractivity contribution in [2.24, 2.45) is 5.92 Å². The van der Waals surface area contributed by atoms with Crippen LogP contribution in [0.3, 0.4) is 0 Å². The van der Waals surface area contributed by atoms with Gasteiger partial charge >= 0.3 is 5.97 Å². The number of carbonyl (C=O) groups is 1. The molecular weight excluding hydrogens is 160 g/mol. The van der Waals surface area contributed by atoms with E-state index < -0.39 is 0 Å². The van der Waals surface area contributed by atoms with Crippen LogP contribution in [0.4, 0.5) is 0 Å². The Balaban J connectivity index is 2.46. The van der Waals surface area contributed by atoms with Crippen LogP contribution in [0.1, 0.15) is 26.2 Å². The predicted molar refractivity (Wildman–Crippen MR) is 46.6 cm³/mol. The van der Waals surface area contributed by atoms with Gasteiger partial charge in [-0.3, -0.25) is 4.79 Å². The maximum Gasteiger partial charge on any atom is 0.313 e. The highest BCUT2D eigenvalue weighted by molar-refractivity contribution is 7.80. The fraction of sp³-hybridized carbons (Fsp3) is 0.750. The molecule has 0 heterocycles. The monoisotopic (exact) mass is 172 g/mol. The fourth-order valence-corrected chi connectivity index (χ4v) is 1.67. The van der Waals surface area contributed by atoms with E-state index in [1.165, 1.54) is 0 Å². The smallest absolute Gasteiger partial charge is 0.313 e. The summed E-state index contributed by atoms with van der Waals surface area (Å²) in [4.78, 5) is 12.0. The highest BCUT2D eigenvalue weighted by Gasteiger charge is 2.28. The van der Waals surface area contributed by atoms with Crippen molar-refractivity contribution in [3.8, 4) is 0 Å². The Morgan fingerprint density at radius 3 is 3.00 bits per heavy atom. The molecule has 0 saturated heterocycles. The minimum atomic E-state index is -0.130. The third kappa shape index (κ3) is 1.99. The third-order valence-electron chi connectivity index (χ3n) is 1.88. The van der Waals surface area contributed by atoms with Gasteiger partial charge in [-0.05, 0) is 26.2 Å². The number of ether oxygens (including phenoxy) is 1. The maximum atomic E-state index is 11.1. The first-order valence-corrected chi connectivity index (χ1v) is 4.36. The standard InChI is InChI=1S/C8H12O2S/c1-2-10-8(9)6-4-3-5-7(6)11/h6H,2-5H2,1H3. The van der Waals surface area contributed by atoms with Crippen LogP contribution in [-0.2, 0) is 9.53 Å². The number of hydrogen-bond donors (Lipinski definition) is 0. The van der Waals surface area contributed by atoms with Crippen molar-refractivity contribution in [2.45, 2.75) is 26.2 Å². The number of esters is 1. The van der Waals surface area contributed by atoms with Crippen molar-refractivity contribution in [3.05, 3.63) is 0 Å². The van der Waals surface area contributed by atoms with Crippen molar-refractivity contribution in [2.75, 3.05) is 6.61 Å². The van der Waals surface area contributed by atoms with Gasteiger partial charge in [0.25, 0.3) is 0 Å². The number of thiocarbonyl (C=S) groups is 1. The first-order chi connectivity index (χ1) is 5.25. The Labute approximate surface area is 71.9 Å². The van der Waals surface area contributed by atoms with Crippen LogP contribution in [0.25, 0.3) is 0 Å². The molecule has 0 spiro atoms. The summed E-state index contributed by atoms with van der Waals surface area (Å²) in [6, 6.07) is 0. The van der Waals surface area contributed by atoms with Crippen LogP contribution in [0.15, 0.2) is 0 Å². The molecule has 0 aromatic carbocycles. The summed E-state index contributed by atoms with van der Waals surface area (Å²) in [6.07, 6.45) is 2.85. The van der Waals surface area contributed by atoms with E-state index in [0.29, 0.717) is 6.61 Å². The average molecular weight is 172 g/mol. The molecule has 0 amide bonds. The molecule has 0 radical (unpaired) electrons. The first-order valence-electron chi connectivity index (χ1n) is 3.95. The highest BCUT2D eigenvalue weighted by atomic mass is 32.1. The molecule has 1 aliphatic rings. The molecule has 0 aromatic heterocycles. The van der Waals surface area contributed by atoms with Crippen LogP contribution in [-0.4, -0.2) is 17.4 Å². The second-order valence-corrected chi connectivity index (χ2v) is 3.19. The van der Waals surface area contributed by atoms with E-state index in [4.69, 9.17) is 17.0 Å². The van der Waals surface area contributed by atoms with Crippen molar-refractivity contribution in [3.63, 3.8) is 0 Å². The number of carbonyl (C=O) groups excluding carboxylic acids is 1. The summed E-state index contributed by atoms with van der Waals surface area (Å²) in [5.74, 6) is -0.208. The van der Waals surface area contributed by atoms with Gasteiger partial charge < -0.3 is 4.74 Å². The Morgan fingerprint density at radius 1 is 1.82 bits per heavy atom. The molecule has 1 aliphatic carbocycles. The zero-order valence-corrected chi connectivity index (χ0v) is 7.45. The van der Waals surface area contributed by atoms with E-state index >= 15 is 0 Å². The Kier molecular flexibility index (Phi) is 3.00. The van der Waals surface area contributed by atoms with Gasteiger partial charge in [-0.25, -0.2) is 0 Å². The van der Waals surface area contributed by atoms with Crippen LogP contribution < -0.4 is 0 Å². The van der Waals surface area contributed by atoms with Gasteiger partial charge in [-0.15, -0.1) is 0 Å². The Morgan fingerprint density at radius 2 is 2.55 bits per heavy atom. The van der Waals surface area contributed by atoms with Gasteiger partial charge in [-0.2, -0.15) is 0 Å². The molecule has 0 N–H and O–H groups in total. The quantitative estimate of drug-likeness (QED) is 0.468. The first kappa shape index (κ1) is 8.65. The van der Waals surface area contributed by atoms with E-state index in [1.54, 1.807) is 0 Å². The molecule has 0 aromatic rings. The molecule has 62 valence electrons. The van der Waals surface area contributed by atoms with Crippen molar-refractivity contribution in [1.29, 1.82) is 0 Å². The second kappa shape index (κ2) is 3.81. The largest absolute Gasteiger partial charge is 0.466 e. The average Bonchev–Trinajstić information content (AvgIpc) is 2.36. The summed E-state index contributed by atoms with van der Waals surface area (Å²) < 4.78 is 4.87. The fourth-order valence-electron chi connectivity index (χ4n) is 1.31. The molecule has 1 unspecified atom stereocenters. The lowest BCUT2D eigenvalue weighted by atomic mass is 10.1. The molecule has 1 saturated carbocycles. The number of rotatable bonds is 2. The molecule has 1 rings (SSSR count). The van der Waals surface area contributed by atoms with Crippen LogP contribution in [0.2, 0.25) is 0 Å². The SMILES string of the molecule is CCOC(=O)C1CCCC1=S. The minimum absolute atomic E-state index is 0.0788. The lowest BCUT2D eigenvalue weighted by Gasteiger charge is -2.07. The van der Waals surface area contributed by atoms with E-state index in [9.17, 15) is 4.79 Å². The molecule has 11 heavy (non-hydrogen) atoms. The van der Waals surface area contributed by atoms with Gasteiger partial charge in [-0.1, -0.05) is 12.2 Å². The molecule has 3 heteroatoms. The summed E-state index contributed by atoms with van der Waals surface area (Å²) in [5, 5.41) is 0. The highest BCUT2D eigenvalue weighted by Crippen LogP contribution is 2.23. The zero-order valence-electron chi connectivity index (χ0n) is 6.63. The van der Waals surface area contributed by atoms with Crippen LogP contribution >= 0.6 is 12.2 Å². The Bertz CT molecular complexity index is 177. The second-order valence-electron chi connectivity index (χ2n) is 2.66. The van der Waals surface area contributed by atoms with E-state index in [1.807, 2.05) is 6.92 Å². The minimum Gasteiger partial charge on any atom is -0.466 e. The maximum absolute atomic E-state index is 11.1. The molecule has 0 bridgehead atoms. The lowest BCUT2D eigenvalue weighted by molar-refractivity contribution is -0.145. The predicted octanol–water partition coefficient (Wildman–Crippen LogP) is 1.72. The lowest BCUT2D eigenvalue weighted by Crippen LogP contribution is -2.19. The van der Waals surface area contributed by atoms with Gasteiger partial charge in [0.1, 0.15) is 0 Å². The molecule has 1 atom stereocenters.